The third kappa shape index (κ3) is 8.57. The summed E-state index contributed by atoms with van der Waals surface area (Å²) >= 11 is 1.35. The molecule has 0 aliphatic carbocycles. The van der Waals surface area contributed by atoms with Crippen LogP contribution in [0.5, 0.6) is 23.0 Å². The predicted octanol–water partition coefficient (Wildman–Crippen LogP) is 10.1. The van der Waals surface area contributed by atoms with Crippen molar-refractivity contribution in [1.82, 2.24) is 0 Å². The Balaban J connectivity index is 1.21. The highest BCUT2D eigenvalue weighted by atomic mass is 32.2. The van der Waals surface area contributed by atoms with Crippen molar-refractivity contribution in [2.24, 2.45) is 4.99 Å². The van der Waals surface area contributed by atoms with Gasteiger partial charge in [0.2, 0.25) is 0 Å². The molecule has 1 saturated heterocycles. The van der Waals surface area contributed by atoms with Gasteiger partial charge < -0.3 is 18.9 Å². The van der Waals surface area contributed by atoms with Gasteiger partial charge in [0.25, 0.3) is 5.91 Å². The van der Waals surface area contributed by atoms with Crippen LogP contribution in [0.3, 0.4) is 0 Å². The minimum absolute atomic E-state index is 0.135. The summed E-state index contributed by atoms with van der Waals surface area (Å²) < 4.78 is 24.2. The molecule has 254 valence electrons. The normalized spacial score (nSPS) is 14.3. The maximum absolute atomic E-state index is 13.9. The molecule has 0 unspecified atom stereocenters. The third-order valence-electron chi connectivity index (χ3n) is 7.86. The highest BCUT2D eigenvalue weighted by Gasteiger charge is 2.34. The van der Waals surface area contributed by atoms with Crippen LogP contribution in [-0.2, 0) is 18.0 Å². The number of benzene rings is 5. The van der Waals surface area contributed by atoms with E-state index in [9.17, 15) is 4.79 Å². The molecule has 1 aliphatic heterocycles. The SMILES string of the molecule is CCOc1cc(/C=C2/SC(=Nc3ccc(C)cc3)N(c3ccc(C)cc3)C2=O)ccc1OCc1ccc(OCc2ccccc2)c(OCC)c1. The van der Waals surface area contributed by atoms with E-state index in [1.807, 2.05) is 149 Å². The summed E-state index contributed by atoms with van der Waals surface area (Å²) in [4.78, 5) is 21.0. The van der Waals surface area contributed by atoms with E-state index < -0.39 is 0 Å². The summed E-state index contributed by atoms with van der Waals surface area (Å²) in [5, 5.41) is 0.599. The van der Waals surface area contributed by atoms with Gasteiger partial charge in [0.15, 0.2) is 28.2 Å². The molecule has 0 radical (unpaired) electrons. The number of rotatable bonds is 13. The molecule has 0 aromatic heterocycles. The summed E-state index contributed by atoms with van der Waals surface area (Å²) in [6, 6.07) is 37.4. The number of aryl methyl sites for hydroxylation is 2. The zero-order valence-corrected chi connectivity index (χ0v) is 29.5. The Bertz CT molecular complexity index is 1990. The van der Waals surface area contributed by atoms with Crippen LogP contribution in [0.25, 0.3) is 6.08 Å². The first-order valence-electron chi connectivity index (χ1n) is 16.7. The number of thioether (sulfide) groups is 1. The molecule has 1 aliphatic rings. The molecule has 5 aromatic rings. The molecule has 0 N–H and O–H groups in total. The lowest BCUT2D eigenvalue weighted by molar-refractivity contribution is -0.113. The molecule has 0 atom stereocenters. The Kier molecular flexibility index (Phi) is 11.2. The number of anilines is 1. The zero-order valence-electron chi connectivity index (χ0n) is 28.7. The average Bonchev–Trinajstić information content (AvgIpc) is 3.42. The van der Waals surface area contributed by atoms with E-state index in [0.29, 0.717) is 59.5 Å². The number of carbonyl (C=O) groups is 1. The molecule has 6 rings (SSSR count). The Morgan fingerprint density at radius 3 is 1.90 bits per heavy atom. The largest absolute Gasteiger partial charge is 0.490 e. The fourth-order valence-corrected chi connectivity index (χ4v) is 6.28. The molecule has 50 heavy (non-hydrogen) atoms. The Morgan fingerprint density at radius 1 is 0.640 bits per heavy atom. The van der Waals surface area contributed by atoms with Crippen LogP contribution in [0, 0.1) is 13.8 Å². The standard InChI is InChI=1S/C42H40N2O5S/c1-5-46-38-24-32(16-22-36(38)49-28-33-17-23-37(39(25-33)47-6-2)48-27-31-10-8-7-9-11-31)26-40-41(45)44(35-20-14-30(4)15-21-35)42(50-40)43-34-18-12-29(3)13-19-34/h7-26H,5-6,27-28H2,1-4H3/b40-26+,43-42?. The van der Waals surface area contributed by atoms with Crippen molar-refractivity contribution in [2.45, 2.75) is 40.9 Å². The molecule has 0 bridgehead atoms. The van der Waals surface area contributed by atoms with Crippen molar-refractivity contribution in [2.75, 3.05) is 18.1 Å². The van der Waals surface area contributed by atoms with Gasteiger partial charge in [-0.2, -0.15) is 0 Å². The van der Waals surface area contributed by atoms with Gasteiger partial charge in [0, 0.05) is 0 Å². The van der Waals surface area contributed by atoms with E-state index in [1.54, 1.807) is 4.90 Å². The number of amidine groups is 1. The lowest BCUT2D eigenvalue weighted by atomic mass is 10.1. The van der Waals surface area contributed by atoms with E-state index in [4.69, 9.17) is 23.9 Å². The van der Waals surface area contributed by atoms with E-state index in [-0.39, 0.29) is 5.91 Å². The average molecular weight is 685 g/mol. The second-order valence-electron chi connectivity index (χ2n) is 11.7. The van der Waals surface area contributed by atoms with Gasteiger partial charge in [-0.1, -0.05) is 77.9 Å². The summed E-state index contributed by atoms with van der Waals surface area (Å²) in [7, 11) is 0. The number of hydrogen-bond donors (Lipinski definition) is 0. The van der Waals surface area contributed by atoms with Crippen molar-refractivity contribution in [3.05, 3.63) is 148 Å². The molecular weight excluding hydrogens is 645 g/mol. The molecule has 1 amide bonds. The summed E-state index contributed by atoms with van der Waals surface area (Å²) in [6.07, 6.45) is 1.88. The lowest BCUT2D eigenvalue weighted by Crippen LogP contribution is -2.28. The molecule has 5 aromatic carbocycles. The topological polar surface area (TPSA) is 69.6 Å². The van der Waals surface area contributed by atoms with Crippen molar-refractivity contribution in [3.8, 4) is 23.0 Å². The van der Waals surface area contributed by atoms with Crippen LogP contribution in [0.2, 0.25) is 0 Å². The minimum atomic E-state index is -0.135. The predicted molar refractivity (Wildman–Crippen MR) is 203 cm³/mol. The Labute approximate surface area is 298 Å². The van der Waals surface area contributed by atoms with Gasteiger partial charge in [-0.25, -0.2) is 4.99 Å². The van der Waals surface area contributed by atoms with Crippen LogP contribution in [0.1, 0.15) is 41.7 Å². The van der Waals surface area contributed by atoms with Gasteiger partial charge in [-0.15, -0.1) is 0 Å². The van der Waals surface area contributed by atoms with Crippen molar-refractivity contribution in [3.63, 3.8) is 0 Å². The van der Waals surface area contributed by atoms with Crippen molar-refractivity contribution >= 4 is 40.3 Å². The molecule has 1 fully saturated rings. The molecule has 1 heterocycles. The number of ether oxygens (including phenoxy) is 4. The lowest BCUT2D eigenvalue weighted by Gasteiger charge is -2.16. The van der Waals surface area contributed by atoms with Gasteiger partial charge in [0.05, 0.1) is 29.5 Å². The minimum Gasteiger partial charge on any atom is -0.490 e. The summed E-state index contributed by atoms with van der Waals surface area (Å²) in [5.74, 6) is 2.41. The maximum atomic E-state index is 13.9. The van der Waals surface area contributed by atoms with Gasteiger partial charge in [-0.05, 0) is 111 Å². The number of nitrogens with zero attached hydrogens (tertiary/aromatic N) is 2. The molecule has 0 saturated carbocycles. The Morgan fingerprint density at radius 2 is 1.24 bits per heavy atom. The van der Waals surface area contributed by atoms with Crippen molar-refractivity contribution < 1.29 is 23.7 Å². The van der Waals surface area contributed by atoms with Gasteiger partial charge in [0.1, 0.15) is 13.2 Å². The zero-order chi connectivity index (χ0) is 34.9. The number of amides is 1. The number of carbonyl (C=O) groups excluding carboxylic acids is 1. The van der Waals surface area contributed by atoms with Crippen LogP contribution in [-0.4, -0.2) is 24.3 Å². The van der Waals surface area contributed by atoms with E-state index in [0.717, 1.165) is 39.2 Å². The second-order valence-corrected chi connectivity index (χ2v) is 12.7. The van der Waals surface area contributed by atoms with Gasteiger partial charge >= 0.3 is 0 Å². The quantitative estimate of drug-likeness (QED) is 0.115. The molecule has 7 nitrogen and oxygen atoms in total. The fraction of sp³-hybridized carbons (Fsp3) is 0.190. The first kappa shape index (κ1) is 34.4. The smallest absolute Gasteiger partial charge is 0.271 e. The molecule has 8 heteroatoms. The van der Waals surface area contributed by atoms with Crippen LogP contribution >= 0.6 is 11.8 Å². The summed E-state index contributed by atoms with van der Waals surface area (Å²) in [6.45, 7) is 9.67. The third-order valence-corrected chi connectivity index (χ3v) is 8.83. The number of aliphatic imine (C=N–C) groups is 1. The first-order chi connectivity index (χ1) is 24.4. The monoisotopic (exact) mass is 684 g/mol. The maximum Gasteiger partial charge on any atom is 0.271 e. The van der Waals surface area contributed by atoms with Crippen LogP contribution < -0.4 is 23.8 Å². The molecule has 0 spiro atoms. The van der Waals surface area contributed by atoms with Gasteiger partial charge in [-0.3, -0.25) is 9.69 Å². The summed E-state index contributed by atoms with van der Waals surface area (Å²) in [5.41, 5.74) is 6.65. The fourth-order valence-electron chi connectivity index (χ4n) is 5.28. The van der Waals surface area contributed by atoms with E-state index in [2.05, 4.69) is 0 Å². The molecular formula is C42H40N2O5S. The van der Waals surface area contributed by atoms with Crippen molar-refractivity contribution in [1.29, 1.82) is 0 Å². The highest BCUT2D eigenvalue weighted by molar-refractivity contribution is 8.19. The van der Waals surface area contributed by atoms with E-state index >= 15 is 0 Å². The van der Waals surface area contributed by atoms with Crippen LogP contribution in [0.4, 0.5) is 11.4 Å². The van der Waals surface area contributed by atoms with Crippen LogP contribution in [0.15, 0.2) is 125 Å². The highest BCUT2D eigenvalue weighted by Crippen LogP contribution is 2.39. The second kappa shape index (κ2) is 16.3. The number of hydrogen-bond acceptors (Lipinski definition) is 7. The van der Waals surface area contributed by atoms with E-state index in [1.165, 1.54) is 11.8 Å². The Hall–Kier alpha value is -5.47. The first-order valence-corrected chi connectivity index (χ1v) is 17.5.